The smallest absolute Gasteiger partial charge is 0.250 e. The Morgan fingerprint density at radius 2 is 1.82 bits per heavy atom. The zero-order chi connectivity index (χ0) is 27.2. The maximum absolute atomic E-state index is 14.9. The topological polar surface area (TPSA) is 78.1 Å². The molecule has 3 aromatic carbocycles. The van der Waals surface area contributed by atoms with Crippen molar-refractivity contribution in [3.05, 3.63) is 94.3 Å². The SMILES string of the molecule is Cc1ccc(C2C3CC4CCCCC4N3[C@@]3(C(=O)Nc4cc(Cl)ccc43)C2C(=O)c2nc3ccccc3[nH]2)cc1. The quantitative estimate of drug-likeness (QED) is 0.282. The molecular weight excluding hydrogens is 520 g/mol. The van der Waals surface area contributed by atoms with Crippen molar-refractivity contribution < 1.29 is 9.59 Å². The summed E-state index contributed by atoms with van der Waals surface area (Å²) in [5, 5.41) is 3.74. The van der Waals surface area contributed by atoms with E-state index < -0.39 is 11.5 Å². The number of para-hydroxylation sites is 2. The van der Waals surface area contributed by atoms with Crippen molar-refractivity contribution in [2.75, 3.05) is 5.32 Å². The van der Waals surface area contributed by atoms with Gasteiger partial charge in [-0.1, -0.05) is 72.5 Å². The Morgan fingerprint density at radius 3 is 2.65 bits per heavy atom. The number of aromatic amines is 1. The van der Waals surface area contributed by atoms with Gasteiger partial charge >= 0.3 is 0 Å². The van der Waals surface area contributed by atoms with Crippen LogP contribution in [0.5, 0.6) is 0 Å². The highest BCUT2D eigenvalue weighted by atomic mass is 35.5. The van der Waals surface area contributed by atoms with Crippen LogP contribution in [0.1, 0.15) is 65.3 Å². The van der Waals surface area contributed by atoms with Gasteiger partial charge in [0.25, 0.3) is 0 Å². The molecule has 1 aromatic heterocycles. The highest BCUT2D eigenvalue weighted by Gasteiger charge is 2.72. The Morgan fingerprint density at radius 1 is 1.02 bits per heavy atom. The van der Waals surface area contributed by atoms with E-state index in [2.05, 4.69) is 46.4 Å². The number of benzene rings is 3. The molecule has 1 spiro atoms. The molecular formula is C33H31ClN4O2. The zero-order valence-electron chi connectivity index (χ0n) is 22.4. The first-order valence-corrected chi connectivity index (χ1v) is 14.8. The molecule has 1 saturated carbocycles. The van der Waals surface area contributed by atoms with E-state index in [0.29, 0.717) is 22.5 Å². The number of amides is 1. The monoisotopic (exact) mass is 550 g/mol. The number of aromatic nitrogens is 2. The van der Waals surface area contributed by atoms with E-state index in [1.807, 2.05) is 42.5 Å². The number of nitrogens with one attached hydrogen (secondary N) is 2. The number of H-pyrrole nitrogens is 1. The number of Topliss-reactive ketones (excluding diaryl/α,β-unsaturated/α-hetero) is 1. The van der Waals surface area contributed by atoms with Crippen LogP contribution in [0.2, 0.25) is 5.02 Å². The predicted molar refractivity (Wildman–Crippen MR) is 156 cm³/mol. The van der Waals surface area contributed by atoms with Crippen LogP contribution in [0.15, 0.2) is 66.7 Å². The number of anilines is 1. The molecule has 6 atom stereocenters. The number of rotatable bonds is 3. The van der Waals surface area contributed by atoms with Crippen LogP contribution in [0.4, 0.5) is 5.69 Å². The number of hydrogen-bond donors (Lipinski definition) is 2. The second-order valence-electron chi connectivity index (χ2n) is 12.1. The maximum atomic E-state index is 14.9. The Kier molecular flexibility index (Phi) is 5.33. The predicted octanol–water partition coefficient (Wildman–Crippen LogP) is 6.60. The minimum atomic E-state index is -1.13. The lowest BCUT2D eigenvalue weighted by molar-refractivity contribution is -0.129. The van der Waals surface area contributed by atoms with Crippen LogP contribution in [-0.2, 0) is 10.3 Å². The van der Waals surface area contributed by atoms with Crippen LogP contribution in [0.25, 0.3) is 11.0 Å². The van der Waals surface area contributed by atoms with E-state index in [1.54, 1.807) is 0 Å². The minimum absolute atomic E-state index is 0.0708. The molecule has 3 aliphatic heterocycles. The molecule has 0 bridgehead atoms. The Hall–Kier alpha value is -3.48. The highest BCUT2D eigenvalue weighted by molar-refractivity contribution is 6.31. The lowest BCUT2D eigenvalue weighted by Gasteiger charge is -2.42. The first kappa shape index (κ1) is 24.3. The van der Waals surface area contributed by atoms with Gasteiger partial charge in [0, 0.05) is 34.3 Å². The first-order valence-electron chi connectivity index (χ1n) is 14.4. The molecule has 0 radical (unpaired) electrons. The summed E-state index contributed by atoms with van der Waals surface area (Å²) in [7, 11) is 0. The van der Waals surface area contributed by atoms with Gasteiger partial charge in [-0.3, -0.25) is 14.5 Å². The van der Waals surface area contributed by atoms with E-state index in [9.17, 15) is 9.59 Å². The molecule has 4 aromatic rings. The van der Waals surface area contributed by atoms with Crippen LogP contribution in [0.3, 0.4) is 0 Å². The molecule has 4 heterocycles. The molecule has 40 heavy (non-hydrogen) atoms. The van der Waals surface area contributed by atoms with Crippen LogP contribution in [-0.4, -0.2) is 38.6 Å². The third-order valence-corrected chi connectivity index (χ3v) is 10.3. The minimum Gasteiger partial charge on any atom is -0.335 e. The second-order valence-corrected chi connectivity index (χ2v) is 12.5. The molecule has 7 heteroatoms. The second kappa shape index (κ2) is 8.76. The van der Waals surface area contributed by atoms with Crippen LogP contribution < -0.4 is 5.32 Å². The summed E-state index contributed by atoms with van der Waals surface area (Å²) in [5.41, 5.74) is 4.30. The molecule has 1 aliphatic carbocycles. The highest BCUT2D eigenvalue weighted by Crippen LogP contribution is 2.64. The molecule has 6 nitrogen and oxygen atoms in total. The van der Waals surface area contributed by atoms with Crippen molar-refractivity contribution in [3.63, 3.8) is 0 Å². The van der Waals surface area contributed by atoms with Gasteiger partial charge in [-0.05, 0) is 61.9 Å². The zero-order valence-corrected chi connectivity index (χ0v) is 23.1. The van der Waals surface area contributed by atoms with E-state index >= 15 is 0 Å². The fraction of sp³-hybridized carbons (Fsp3) is 0.364. The Labute approximate surface area is 238 Å². The van der Waals surface area contributed by atoms with Gasteiger partial charge in [0.15, 0.2) is 5.82 Å². The molecule has 3 fully saturated rings. The van der Waals surface area contributed by atoms with E-state index in [1.165, 1.54) is 18.4 Å². The molecule has 4 aliphatic rings. The van der Waals surface area contributed by atoms with Crippen LogP contribution >= 0.6 is 11.6 Å². The molecule has 5 unspecified atom stereocenters. The van der Waals surface area contributed by atoms with Crippen molar-refractivity contribution in [1.29, 1.82) is 0 Å². The number of fused-ring (bicyclic) bond motifs is 7. The molecule has 2 N–H and O–H groups in total. The average Bonchev–Trinajstić information content (AvgIpc) is 3.69. The Balaban J connectivity index is 1.40. The standard InChI is InChI=1S/C33H31ClN4O2/c1-18-10-12-19(13-11-18)28-27-16-20-6-2-5-9-26(20)38(27)33(22-15-14-21(34)17-25(22)37-32(33)40)29(28)30(39)31-35-23-7-3-4-8-24(23)36-31/h3-4,7-8,10-15,17,20,26-29H,2,5-6,9,16H2,1H3,(H,35,36)(H,37,40)/t20?,26?,27?,28?,29?,33-/m1/s1. The van der Waals surface area contributed by atoms with E-state index in [-0.39, 0.29) is 29.7 Å². The number of carbonyl (C=O) groups is 2. The molecule has 202 valence electrons. The summed E-state index contributed by atoms with van der Waals surface area (Å²) in [6, 6.07) is 22.3. The van der Waals surface area contributed by atoms with Crippen molar-refractivity contribution in [3.8, 4) is 0 Å². The number of hydrogen-bond acceptors (Lipinski definition) is 4. The van der Waals surface area contributed by atoms with Gasteiger partial charge in [-0.2, -0.15) is 0 Å². The third kappa shape index (κ3) is 3.23. The fourth-order valence-corrected chi connectivity index (χ4v) is 8.79. The maximum Gasteiger partial charge on any atom is 0.250 e. The molecule has 8 rings (SSSR count). The van der Waals surface area contributed by atoms with Gasteiger partial charge < -0.3 is 10.3 Å². The molecule has 1 amide bonds. The molecule has 2 saturated heterocycles. The largest absolute Gasteiger partial charge is 0.335 e. The normalized spacial score (nSPS) is 30.9. The lowest BCUT2D eigenvalue weighted by atomic mass is 9.68. The van der Waals surface area contributed by atoms with Gasteiger partial charge in [-0.15, -0.1) is 0 Å². The first-order chi connectivity index (χ1) is 19.5. The summed E-state index contributed by atoms with van der Waals surface area (Å²) < 4.78 is 0. The van der Waals surface area contributed by atoms with Gasteiger partial charge in [0.05, 0.1) is 17.0 Å². The third-order valence-electron chi connectivity index (χ3n) is 10.1. The van der Waals surface area contributed by atoms with Crippen molar-refractivity contribution in [1.82, 2.24) is 14.9 Å². The van der Waals surface area contributed by atoms with E-state index in [4.69, 9.17) is 16.6 Å². The van der Waals surface area contributed by atoms with Gasteiger partial charge in [-0.25, -0.2) is 4.98 Å². The van der Waals surface area contributed by atoms with Crippen LogP contribution in [0, 0.1) is 18.8 Å². The fourth-order valence-electron chi connectivity index (χ4n) is 8.61. The van der Waals surface area contributed by atoms with Crippen molar-refractivity contribution in [2.45, 2.75) is 62.6 Å². The van der Waals surface area contributed by atoms with E-state index in [0.717, 1.165) is 41.4 Å². The number of imidazole rings is 1. The summed E-state index contributed by atoms with van der Waals surface area (Å²) in [6.45, 7) is 2.08. The lowest BCUT2D eigenvalue weighted by Crippen LogP contribution is -2.56. The summed E-state index contributed by atoms with van der Waals surface area (Å²) in [5.74, 6) is -0.189. The summed E-state index contributed by atoms with van der Waals surface area (Å²) >= 11 is 6.42. The average molecular weight is 551 g/mol. The number of nitrogens with zero attached hydrogens (tertiary/aromatic N) is 2. The Bertz CT molecular complexity index is 1650. The number of carbonyl (C=O) groups excluding carboxylic acids is 2. The summed E-state index contributed by atoms with van der Waals surface area (Å²) in [6.07, 6.45) is 5.58. The van der Waals surface area contributed by atoms with Gasteiger partial charge in [0.1, 0.15) is 5.54 Å². The number of ketones is 1. The van der Waals surface area contributed by atoms with Crippen molar-refractivity contribution >= 4 is 40.0 Å². The number of aryl methyl sites for hydroxylation is 1. The van der Waals surface area contributed by atoms with Crippen molar-refractivity contribution in [2.24, 2.45) is 11.8 Å². The summed E-state index contributed by atoms with van der Waals surface area (Å²) in [4.78, 5) is 40.0. The number of halogens is 1. The van der Waals surface area contributed by atoms with Gasteiger partial charge in [0.2, 0.25) is 11.7 Å².